The third-order valence-corrected chi connectivity index (χ3v) is 4.40. The van der Waals surface area contributed by atoms with Crippen LogP contribution in [0.3, 0.4) is 0 Å². The first kappa shape index (κ1) is 15.1. The minimum Gasteiger partial charge on any atom is -0.493 e. The van der Waals surface area contributed by atoms with Gasteiger partial charge in [0.05, 0.1) is 12.3 Å². The Morgan fingerprint density at radius 2 is 2.08 bits per heavy atom. The lowest BCUT2D eigenvalue weighted by Crippen LogP contribution is -1.99. The summed E-state index contributed by atoms with van der Waals surface area (Å²) in [7, 11) is 0. The van der Waals surface area contributed by atoms with Gasteiger partial charge in [-0.3, -0.25) is 5.10 Å². The van der Waals surface area contributed by atoms with Crippen LogP contribution in [0.15, 0.2) is 42.5 Å². The monoisotopic (exact) mass is 339 g/mol. The van der Waals surface area contributed by atoms with Gasteiger partial charge < -0.3 is 10.1 Å². The van der Waals surface area contributed by atoms with Crippen molar-refractivity contribution in [2.45, 2.75) is 19.8 Å². The molecular formula is C19H18ClN3O. The van der Waals surface area contributed by atoms with Crippen LogP contribution in [0.1, 0.15) is 24.5 Å². The van der Waals surface area contributed by atoms with E-state index in [0.717, 1.165) is 53.5 Å². The quantitative estimate of drug-likeness (QED) is 0.527. The SMILES string of the molecule is CCCOc1cccc2c1Cc1c-2n[nH]c1Nc1cccc(Cl)c1. The molecule has 2 N–H and O–H groups in total. The number of ether oxygens (including phenoxy) is 1. The number of rotatable bonds is 5. The second kappa shape index (κ2) is 6.21. The smallest absolute Gasteiger partial charge is 0.130 e. The molecule has 0 aliphatic heterocycles. The molecule has 24 heavy (non-hydrogen) atoms. The molecule has 1 aromatic heterocycles. The lowest BCUT2D eigenvalue weighted by molar-refractivity contribution is 0.315. The van der Waals surface area contributed by atoms with Gasteiger partial charge in [-0.15, -0.1) is 0 Å². The molecule has 0 saturated carbocycles. The summed E-state index contributed by atoms with van der Waals surface area (Å²) in [4.78, 5) is 0. The Morgan fingerprint density at radius 1 is 1.21 bits per heavy atom. The highest BCUT2D eigenvalue weighted by Gasteiger charge is 2.27. The Labute approximate surface area is 145 Å². The van der Waals surface area contributed by atoms with Gasteiger partial charge in [-0.25, -0.2) is 0 Å². The molecule has 0 atom stereocenters. The zero-order valence-electron chi connectivity index (χ0n) is 13.4. The third-order valence-electron chi connectivity index (χ3n) is 4.16. The number of H-pyrrole nitrogens is 1. The van der Waals surface area contributed by atoms with E-state index in [4.69, 9.17) is 16.3 Å². The van der Waals surface area contributed by atoms with E-state index in [9.17, 15) is 0 Å². The number of nitrogens with one attached hydrogen (secondary N) is 2. The highest BCUT2D eigenvalue weighted by molar-refractivity contribution is 6.30. The van der Waals surface area contributed by atoms with E-state index in [1.807, 2.05) is 36.4 Å². The number of hydrogen-bond donors (Lipinski definition) is 2. The molecule has 0 bridgehead atoms. The van der Waals surface area contributed by atoms with Crippen LogP contribution < -0.4 is 10.1 Å². The number of aromatic amines is 1. The molecule has 0 amide bonds. The van der Waals surface area contributed by atoms with Crippen LogP contribution in [0.25, 0.3) is 11.3 Å². The van der Waals surface area contributed by atoms with Crippen molar-refractivity contribution in [2.75, 3.05) is 11.9 Å². The van der Waals surface area contributed by atoms with Crippen LogP contribution in [0.5, 0.6) is 5.75 Å². The summed E-state index contributed by atoms with van der Waals surface area (Å²) in [5, 5.41) is 11.7. The van der Waals surface area contributed by atoms with E-state index in [1.54, 1.807) is 0 Å². The van der Waals surface area contributed by atoms with Crippen molar-refractivity contribution < 1.29 is 4.74 Å². The molecule has 1 aliphatic carbocycles. The first-order chi connectivity index (χ1) is 11.8. The molecule has 122 valence electrons. The Balaban J connectivity index is 1.65. The summed E-state index contributed by atoms with van der Waals surface area (Å²) in [5.74, 6) is 1.87. The Hall–Kier alpha value is -2.46. The molecule has 4 rings (SSSR count). The highest BCUT2D eigenvalue weighted by atomic mass is 35.5. The van der Waals surface area contributed by atoms with Crippen LogP contribution in [0, 0.1) is 0 Å². The molecule has 0 saturated heterocycles. The molecule has 0 fully saturated rings. The van der Waals surface area contributed by atoms with Gasteiger partial charge in [0.2, 0.25) is 0 Å². The zero-order valence-corrected chi connectivity index (χ0v) is 14.2. The number of anilines is 2. The molecule has 5 heteroatoms. The minimum atomic E-state index is 0.703. The lowest BCUT2D eigenvalue weighted by atomic mass is 10.1. The number of halogens is 1. The molecule has 0 unspecified atom stereocenters. The van der Waals surface area contributed by atoms with Crippen LogP contribution in [0.4, 0.5) is 11.5 Å². The van der Waals surface area contributed by atoms with Crippen molar-refractivity contribution in [1.82, 2.24) is 10.2 Å². The number of aromatic nitrogens is 2. The Morgan fingerprint density at radius 3 is 2.92 bits per heavy atom. The summed E-state index contributed by atoms with van der Waals surface area (Å²) in [5.41, 5.74) is 5.46. The predicted octanol–water partition coefficient (Wildman–Crippen LogP) is 5.17. The average Bonchev–Trinajstić information content (AvgIpc) is 3.13. The topological polar surface area (TPSA) is 49.9 Å². The van der Waals surface area contributed by atoms with Gasteiger partial charge in [0.1, 0.15) is 11.6 Å². The highest BCUT2D eigenvalue weighted by Crippen LogP contribution is 2.43. The Kier molecular flexibility index (Phi) is 3.90. The summed E-state index contributed by atoms with van der Waals surface area (Å²) >= 11 is 6.06. The van der Waals surface area contributed by atoms with Gasteiger partial charge in [-0.2, -0.15) is 5.10 Å². The summed E-state index contributed by atoms with van der Waals surface area (Å²) in [6.07, 6.45) is 1.81. The van der Waals surface area contributed by atoms with Crippen molar-refractivity contribution in [1.29, 1.82) is 0 Å². The number of fused-ring (bicyclic) bond motifs is 3. The van der Waals surface area contributed by atoms with Gasteiger partial charge in [-0.05, 0) is 30.7 Å². The first-order valence-corrected chi connectivity index (χ1v) is 8.49. The Bertz CT molecular complexity index is 888. The average molecular weight is 340 g/mol. The molecule has 1 aliphatic rings. The first-order valence-electron chi connectivity index (χ1n) is 8.11. The van der Waals surface area contributed by atoms with Crippen LogP contribution in [-0.4, -0.2) is 16.8 Å². The van der Waals surface area contributed by atoms with Crippen LogP contribution >= 0.6 is 11.6 Å². The van der Waals surface area contributed by atoms with E-state index in [2.05, 4.69) is 28.5 Å². The summed E-state index contributed by atoms with van der Waals surface area (Å²) in [6.45, 7) is 2.84. The van der Waals surface area contributed by atoms with Gasteiger partial charge >= 0.3 is 0 Å². The van der Waals surface area contributed by atoms with E-state index in [0.29, 0.717) is 5.02 Å². The van der Waals surface area contributed by atoms with Crippen molar-refractivity contribution in [3.8, 4) is 17.0 Å². The maximum absolute atomic E-state index is 6.06. The van der Waals surface area contributed by atoms with Crippen molar-refractivity contribution in [3.63, 3.8) is 0 Å². The van der Waals surface area contributed by atoms with Crippen molar-refractivity contribution >= 4 is 23.1 Å². The maximum Gasteiger partial charge on any atom is 0.130 e. The fourth-order valence-corrected chi connectivity index (χ4v) is 3.26. The van der Waals surface area contributed by atoms with Crippen molar-refractivity contribution in [2.24, 2.45) is 0 Å². The van der Waals surface area contributed by atoms with E-state index in [-0.39, 0.29) is 0 Å². The molecule has 1 heterocycles. The molecule has 0 spiro atoms. The van der Waals surface area contributed by atoms with Crippen molar-refractivity contribution in [3.05, 3.63) is 58.6 Å². The maximum atomic E-state index is 6.06. The normalized spacial score (nSPS) is 11.9. The number of nitrogens with zero attached hydrogens (tertiary/aromatic N) is 1. The molecule has 2 aromatic carbocycles. The van der Waals surface area contributed by atoms with E-state index >= 15 is 0 Å². The summed E-state index contributed by atoms with van der Waals surface area (Å²) < 4.78 is 5.90. The third kappa shape index (κ3) is 2.63. The fourth-order valence-electron chi connectivity index (χ4n) is 3.07. The van der Waals surface area contributed by atoms with Gasteiger partial charge in [-0.1, -0.05) is 36.7 Å². The molecule has 0 radical (unpaired) electrons. The predicted molar refractivity (Wildman–Crippen MR) is 97.4 cm³/mol. The largest absolute Gasteiger partial charge is 0.493 e. The minimum absolute atomic E-state index is 0.703. The van der Waals surface area contributed by atoms with Crippen LogP contribution in [0.2, 0.25) is 5.02 Å². The van der Waals surface area contributed by atoms with Gasteiger partial charge in [0.25, 0.3) is 0 Å². The van der Waals surface area contributed by atoms with Gasteiger partial charge in [0, 0.05) is 33.8 Å². The fraction of sp³-hybridized carbons (Fsp3) is 0.211. The van der Waals surface area contributed by atoms with E-state index in [1.165, 1.54) is 5.56 Å². The van der Waals surface area contributed by atoms with Crippen LogP contribution in [-0.2, 0) is 6.42 Å². The molecule has 4 nitrogen and oxygen atoms in total. The van der Waals surface area contributed by atoms with E-state index < -0.39 is 0 Å². The standard InChI is InChI=1S/C19H18ClN3O/c1-2-9-24-17-8-4-7-14-15(17)11-16-18(14)22-23-19(16)21-13-6-3-5-12(20)10-13/h3-8,10H,2,9,11H2,1H3,(H2,21,22,23). The number of benzene rings is 2. The summed E-state index contributed by atoms with van der Waals surface area (Å²) in [6, 6.07) is 13.8. The molecule has 3 aromatic rings. The molecular weight excluding hydrogens is 322 g/mol. The second-order valence-corrected chi connectivity index (χ2v) is 6.31. The second-order valence-electron chi connectivity index (χ2n) is 5.87. The number of hydrogen-bond acceptors (Lipinski definition) is 3. The van der Waals surface area contributed by atoms with Gasteiger partial charge in [0.15, 0.2) is 0 Å². The zero-order chi connectivity index (χ0) is 16.5. The lowest BCUT2D eigenvalue weighted by Gasteiger charge is -2.10.